The summed E-state index contributed by atoms with van der Waals surface area (Å²) < 4.78 is 51.1. The molecule has 21 heavy (non-hydrogen) atoms. The van der Waals surface area contributed by atoms with Crippen LogP contribution >= 0.6 is 0 Å². The lowest BCUT2D eigenvalue weighted by Gasteiger charge is -2.10. The van der Waals surface area contributed by atoms with Gasteiger partial charge in [-0.2, -0.15) is 13.2 Å². The molecule has 2 aromatic rings. The van der Waals surface area contributed by atoms with Crippen molar-refractivity contribution in [1.82, 2.24) is 15.3 Å². The van der Waals surface area contributed by atoms with Crippen LogP contribution in [-0.4, -0.2) is 22.4 Å². The number of hydrogen-bond donors (Lipinski definition) is 3. The number of rotatable bonds is 4. The highest BCUT2D eigenvalue weighted by Crippen LogP contribution is 2.34. The molecule has 0 fully saturated rings. The van der Waals surface area contributed by atoms with E-state index in [0.717, 1.165) is 12.1 Å². The number of hydrogen-bond acceptors (Lipinski definition) is 3. The Kier molecular flexibility index (Phi) is 4.12. The first-order valence-corrected chi connectivity index (χ1v) is 5.96. The second-order valence-corrected chi connectivity index (χ2v) is 4.32. The summed E-state index contributed by atoms with van der Waals surface area (Å²) in [5.74, 6) is -0.160. The number of amides is 1. The number of nitrogens with zero attached hydrogens (tertiary/aromatic N) is 1. The third-order valence-electron chi connectivity index (χ3n) is 2.84. The molecule has 2 rings (SSSR count). The van der Waals surface area contributed by atoms with Crippen molar-refractivity contribution in [3.05, 3.63) is 29.1 Å². The van der Waals surface area contributed by atoms with Gasteiger partial charge in [0.1, 0.15) is 12.5 Å². The minimum absolute atomic E-state index is 0.00295. The highest BCUT2D eigenvalue weighted by molar-refractivity contribution is 5.79. The zero-order chi connectivity index (χ0) is 15.6. The Morgan fingerprint density at radius 1 is 1.38 bits per heavy atom. The summed E-state index contributed by atoms with van der Waals surface area (Å²) >= 11 is 0. The Bertz CT molecular complexity index is 665. The molecule has 1 aromatic heterocycles. The molecule has 9 heteroatoms. The summed E-state index contributed by atoms with van der Waals surface area (Å²) in [6, 6.07) is 1.86. The van der Waals surface area contributed by atoms with Gasteiger partial charge in [0, 0.05) is 0 Å². The molecule has 0 saturated carbocycles. The van der Waals surface area contributed by atoms with Crippen LogP contribution in [0.4, 0.5) is 17.6 Å². The van der Waals surface area contributed by atoms with E-state index in [0.29, 0.717) is 0 Å². The number of aromatic amines is 1. The summed E-state index contributed by atoms with van der Waals surface area (Å²) in [5.41, 5.74) is 3.91. The lowest BCUT2D eigenvalue weighted by atomic mass is 10.1. The van der Waals surface area contributed by atoms with E-state index in [-0.39, 0.29) is 29.9 Å². The van der Waals surface area contributed by atoms with E-state index in [4.69, 9.17) is 5.73 Å². The zero-order valence-electron chi connectivity index (χ0n) is 10.7. The molecule has 0 bridgehead atoms. The van der Waals surface area contributed by atoms with Gasteiger partial charge in [0.25, 0.3) is 0 Å². The first-order chi connectivity index (χ1) is 9.85. The van der Waals surface area contributed by atoms with Gasteiger partial charge in [-0.3, -0.25) is 4.79 Å². The molecule has 1 amide bonds. The summed E-state index contributed by atoms with van der Waals surface area (Å²) in [6.07, 6.45) is -4.65. The Labute approximate surface area is 116 Å². The molecule has 0 aliphatic heterocycles. The molecule has 114 valence electrons. The van der Waals surface area contributed by atoms with Crippen LogP contribution in [0.5, 0.6) is 0 Å². The third-order valence-corrected chi connectivity index (χ3v) is 2.84. The lowest BCUT2D eigenvalue weighted by Crippen LogP contribution is -2.30. The standard InChI is InChI=1S/C12H12F4N4O/c13-3-6-1-8-9(2-7(6)12(14,15)16)20-10(19-8)5-18-11(21)4-17/h1-2H,3-5,17H2,(H,18,21)(H,19,20). The minimum Gasteiger partial charge on any atom is -0.348 e. The minimum atomic E-state index is -4.65. The van der Waals surface area contributed by atoms with Crippen LogP contribution in [0.3, 0.4) is 0 Å². The van der Waals surface area contributed by atoms with Gasteiger partial charge >= 0.3 is 6.18 Å². The van der Waals surface area contributed by atoms with Crippen LogP contribution in [0, 0.1) is 0 Å². The number of benzene rings is 1. The van der Waals surface area contributed by atoms with E-state index in [1.807, 2.05) is 0 Å². The normalized spacial score (nSPS) is 11.9. The monoisotopic (exact) mass is 304 g/mol. The fraction of sp³-hybridized carbons (Fsp3) is 0.333. The topological polar surface area (TPSA) is 83.8 Å². The number of halogens is 4. The number of fused-ring (bicyclic) bond motifs is 1. The van der Waals surface area contributed by atoms with E-state index in [1.54, 1.807) is 0 Å². The number of H-pyrrole nitrogens is 1. The summed E-state index contributed by atoms with van der Waals surface area (Å²) in [6.45, 7) is -1.44. The smallest absolute Gasteiger partial charge is 0.348 e. The number of imidazole rings is 1. The Hall–Kier alpha value is -2.16. The molecular weight excluding hydrogens is 292 g/mol. The molecule has 0 spiro atoms. The molecule has 5 nitrogen and oxygen atoms in total. The second kappa shape index (κ2) is 5.68. The average Bonchev–Trinajstić information content (AvgIpc) is 2.84. The number of nitrogens with two attached hydrogens (primary N) is 1. The van der Waals surface area contributed by atoms with Crippen LogP contribution in [0.2, 0.25) is 0 Å². The fourth-order valence-corrected chi connectivity index (χ4v) is 1.87. The van der Waals surface area contributed by atoms with Crippen molar-refractivity contribution >= 4 is 16.9 Å². The van der Waals surface area contributed by atoms with Gasteiger partial charge in [0.15, 0.2) is 0 Å². The van der Waals surface area contributed by atoms with Crippen molar-refractivity contribution in [2.24, 2.45) is 5.73 Å². The maximum Gasteiger partial charge on any atom is 0.416 e. The average molecular weight is 304 g/mol. The maximum atomic E-state index is 12.8. The zero-order valence-corrected chi connectivity index (χ0v) is 10.7. The molecule has 0 atom stereocenters. The second-order valence-electron chi connectivity index (χ2n) is 4.32. The SMILES string of the molecule is NCC(=O)NCc1nc2cc(C(F)(F)F)c(CF)cc2[nH]1. The van der Waals surface area contributed by atoms with Crippen LogP contribution in [-0.2, 0) is 24.2 Å². The Morgan fingerprint density at radius 3 is 2.67 bits per heavy atom. The number of carbonyl (C=O) groups is 1. The van der Waals surface area contributed by atoms with Gasteiger partial charge in [0.05, 0.1) is 29.7 Å². The van der Waals surface area contributed by atoms with Crippen LogP contribution in [0.1, 0.15) is 17.0 Å². The summed E-state index contributed by atoms with van der Waals surface area (Å²) in [4.78, 5) is 17.7. The molecule has 1 aromatic carbocycles. The van der Waals surface area contributed by atoms with Crippen LogP contribution < -0.4 is 11.1 Å². The van der Waals surface area contributed by atoms with Crippen molar-refractivity contribution in [3.8, 4) is 0 Å². The molecule has 1 heterocycles. The maximum absolute atomic E-state index is 12.8. The summed E-state index contributed by atoms with van der Waals surface area (Å²) in [7, 11) is 0. The van der Waals surface area contributed by atoms with Crippen LogP contribution in [0.25, 0.3) is 11.0 Å². The van der Waals surface area contributed by atoms with Gasteiger partial charge in [-0.1, -0.05) is 0 Å². The highest BCUT2D eigenvalue weighted by Gasteiger charge is 2.34. The largest absolute Gasteiger partial charge is 0.416 e. The van der Waals surface area contributed by atoms with E-state index in [1.165, 1.54) is 0 Å². The molecule has 0 radical (unpaired) electrons. The molecule has 0 aliphatic carbocycles. The van der Waals surface area contributed by atoms with Crippen LogP contribution in [0.15, 0.2) is 12.1 Å². The van der Waals surface area contributed by atoms with Gasteiger partial charge in [-0.25, -0.2) is 9.37 Å². The number of aromatic nitrogens is 2. The van der Waals surface area contributed by atoms with Gasteiger partial charge in [-0.15, -0.1) is 0 Å². The van der Waals surface area contributed by atoms with E-state index >= 15 is 0 Å². The Morgan fingerprint density at radius 2 is 2.10 bits per heavy atom. The molecule has 4 N–H and O–H groups in total. The number of nitrogens with one attached hydrogen (secondary N) is 2. The molecule has 0 aliphatic rings. The Balaban J connectivity index is 2.37. The van der Waals surface area contributed by atoms with Gasteiger partial charge in [-0.05, 0) is 17.7 Å². The molecule has 0 saturated heterocycles. The quantitative estimate of drug-likeness (QED) is 0.751. The van der Waals surface area contributed by atoms with E-state index in [2.05, 4.69) is 15.3 Å². The van der Waals surface area contributed by atoms with Crippen molar-refractivity contribution in [1.29, 1.82) is 0 Å². The first-order valence-electron chi connectivity index (χ1n) is 5.96. The molecule has 0 unspecified atom stereocenters. The van der Waals surface area contributed by atoms with E-state index in [9.17, 15) is 22.4 Å². The lowest BCUT2D eigenvalue weighted by molar-refractivity contribution is -0.138. The number of alkyl halides is 4. The third kappa shape index (κ3) is 3.30. The fourth-order valence-electron chi connectivity index (χ4n) is 1.87. The van der Waals surface area contributed by atoms with E-state index < -0.39 is 29.9 Å². The van der Waals surface area contributed by atoms with Crippen molar-refractivity contribution < 1.29 is 22.4 Å². The van der Waals surface area contributed by atoms with Crippen molar-refractivity contribution in [3.63, 3.8) is 0 Å². The highest BCUT2D eigenvalue weighted by atomic mass is 19.4. The van der Waals surface area contributed by atoms with Gasteiger partial charge < -0.3 is 16.0 Å². The van der Waals surface area contributed by atoms with Crippen molar-refractivity contribution in [2.45, 2.75) is 19.4 Å². The van der Waals surface area contributed by atoms with Gasteiger partial charge in [0.2, 0.25) is 5.91 Å². The van der Waals surface area contributed by atoms with Crippen molar-refractivity contribution in [2.75, 3.05) is 6.54 Å². The first kappa shape index (κ1) is 15.2. The predicted octanol–water partition coefficient (Wildman–Crippen LogP) is 1.63. The molecular formula is C12H12F4N4O. The number of carbonyl (C=O) groups excluding carboxylic acids is 1. The summed E-state index contributed by atoms with van der Waals surface area (Å²) in [5, 5.41) is 2.43. The predicted molar refractivity (Wildman–Crippen MR) is 66.8 cm³/mol.